The van der Waals surface area contributed by atoms with E-state index in [2.05, 4.69) is 84.2 Å². The third-order valence-electron chi connectivity index (χ3n) is 9.08. The van der Waals surface area contributed by atoms with Gasteiger partial charge in [0.2, 0.25) is 0 Å². The fraction of sp³-hybridized carbons (Fsp3) is 0.273. The molecule has 0 fully saturated rings. The van der Waals surface area contributed by atoms with Gasteiger partial charge in [-0.05, 0) is 172 Å². The van der Waals surface area contributed by atoms with Crippen LogP contribution in [0, 0.1) is 23.5 Å². The second-order valence-electron chi connectivity index (χ2n) is 13.7. The first-order valence-corrected chi connectivity index (χ1v) is 19.7. The maximum atomic E-state index is 13.8. The number of rotatable bonds is 8. The lowest BCUT2D eigenvalue weighted by Crippen LogP contribution is -1.92. The minimum atomic E-state index is -0.971. The average Bonchev–Trinajstić information content (AvgIpc) is 3.45. The number of hydrogen-bond donors (Lipinski definition) is 0. The molecule has 2 aliphatic carbocycles. The standard InChI is InChI=1S/C22H23FOS.C22H23FS/c1-14(2)11-20-15(3)21(19-10-7-17(23)13-22(19)20)12-16-5-8-18(9-6-16)25(4)24;1-14(2)11-20-15(3)21(19-10-7-17(23)13-22(19)20)12-16-5-8-18(24-4)9-6-16/h5-10,12-14H,11H2,1-4H3;5-10,12-14H,11H2,1-4H3/b2*21-12-. The summed E-state index contributed by atoms with van der Waals surface area (Å²) in [5, 5.41) is 0. The first-order chi connectivity index (χ1) is 23.4. The third kappa shape index (κ3) is 8.51. The van der Waals surface area contributed by atoms with Gasteiger partial charge in [0.25, 0.3) is 0 Å². The summed E-state index contributed by atoms with van der Waals surface area (Å²) < 4.78 is 39.1. The summed E-state index contributed by atoms with van der Waals surface area (Å²) in [6, 6.07) is 26.6. The molecule has 0 spiro atoms. The van der Waals surface area contributed by atoms with E-state index in [1.54, 1.807) is 36.2 Å². The number of fused-ring (bicyclic) bond motifs is 2. The summed E-state index contributed by atoms with van der Waals surface area (Å²) in [7, 11) is -0.971. The molecular formula is C44H46F2OS2. The van der Waals surface area contributed by atoms with Crippen LogP contribution in [0.3, 0.4) is 0 Å². The fourth-order valence-corrected chi connectivity index (χ4v) is 7.57. The van der Waals surface area contributed by atoms with E-state index in [0.29, 0.717) is 11.8 Å². The van der Waals surface area contributed by atoms with Gasteiger partial charge < -0.3 is 0 Å². The number of halogens is 2. The van der Waals surface area contributed by atoms with Crippen molar-refractivity contribution < 1.29 is 13.0 Å². The zero-order valence-electron chi connectivity index (χ0n) is 29.8. The van der Waals surface area contributed by atoms with E-state index in [-0.39, 0.29) is 11.6 Å². The lowest BCUT2D eigenvalue weighted by atomic mass is 9.96. The van der Waals surface area contributed by atoms with Gasteiger partial charge in [0, 0.05) is 26.8 Å². The van der Waals surface area contributed by atoms with E-state index >= 15 is 0 Å². The Morgan fingerprint density at radius 1 is 0.633 bits per heavy atom. The van der Waals surface area contributed by atoms with Crippen molar-refractivity contribution >= 4 is 57.0 Å². The highest BCUT2D eigenvalue weighted by Crippen LogP contribution is 2.46. The van der Waals surface area contributed by atoms with Crippen LogP contribution in [0.15, 0.2) is 106 Å². The van der Waals surface area contributed by atoms with E-state index < -0.39 is 10.8 Å². The van der Waals surface area contributed by atoms with E-state index in [0.717, 1.165) is 51.1 Å². The molecule has 0 bridgehead atoms. The molecule has 0 N–H and O–H groups in total. The van der Waals surface area contributed by atoms with Crippen LogP contribution in [0.4, 0.5) is 8.78 Å². The van der Waals surface area contributed by atoms with Crippen LogP contribution < -0.4 is 0 Å². The van der Waals surface area contributed by atoms with E-state index in [1.807, 2.05) is 36.4 Å². The lowest BCUT2D eigenvalue weighted by Gasteiger charge is -2.09. The van der Waals surface area contributed by atoms with Gasteiger partial charge in [0.1, 0.15) is 11.6 Å². The van der Waals surface area contributed by atoms with Crippen LogP contribution in [0.5, 0.6) is 0 Å². The molecule has 1 unspecified atom stereocenters. The van der Waals surface area contributed by atoms with E-state index in [9.17, 15) is 13.0 Å². The summed E-state index contributed by atoms with van der Waals surface area (Å²) in [5.41, 5.74) is 14.0. The molecule has 6 rings (SSSR count). The Morgan fingerprint density at radius 2 is 1.04 bits per heavy atom. The smallest absolute Gasteiger partial charge is 0.123 e. The molecule has 0 aromatic heterocycles. The molecule has 2 aliphatic rings. The monoisotopic (exact) mass is 692 g/mol. The maximum absolute atomic E-state index is 13.8. The third-order valence-corrected chi connectivity index (χ3v) is 10.8. The number of allylic oxidation sites excluding steroid dienone is 6. The Balaban J connectivity index is 0.000000191. The van der Waals surface area contributed by atoms with Crippen LogP contribution in [0.25, 0.3) is 34.4 Å². The number of benzene rings is 4. The van der Waals surface area contributed by atoms with Crippen molar-refractivity contribution in [1.82, 2.24) is 0 Å². The number of thioether (sulfide) groups is 1. The molecule has 0 saturated carbocycles. The molecule has 0 radical (unpaired) electrons. The summed E-state index contributed by atoms with van der Waals surface area (Å²) in [6.07, 6.45) is 10.0. The highest BCUT2D eigenvalue weighted by molar-refractivity contribution is 7.98. The van der Waals surface area contributed by atoms with Crippen LogP contribution in [0.1, 0.15) is 87.8 Å². The largest absolute Gasteiger partial charge is 0.255 e. The average molecular weight is 693 g/mol. The fourth-order valence-electron chi connectivity index (χ4n) is 6.64. The van der Waals surface area contributed by atoms with Crippen molar-refractivity contribution in [2.45, 2.75) is 64.2 Å². The van der Waals surface area contributed by atoms with Crippen LogP contribution >= 0.6 is 11.8 Å². The maximum Gasteiger partial charge on any atom is 0.123 e. The zero-order valence-corrected chi connectivity index (χ0v) is 31.4. The van der Waals surface area contributed by atoms with Crippen molar-refractivity contribution in [2.75, 3.05) is 12.5 Å². The second-order valence-corrected chi connectivity index (χ2v) is 16.0. The summed E-state index contributed by atoms with van der Waals surface area (Å²) in [4.78, 5) is 2.09. The van der Waals surface area contributed by atoms with Gasteiger partial charge in [-0.3, -0.25) is 4.21 Å². The van der Waals surface area contributed by atoms with Crippen LogP contribution in [0.2, 0.25) is 0 Å². The topological polar surface area (TPSA) is 17.1 Å². The normalized spacial score (nSPS) is 16.1. The van der Waals surface area contributed by atoms with Crippen molar-refractivity contribution in [1.29, 1.82) is 0 Å². The highest BCUT2D eigenvalue weighted by Gasteiger charge is 2.26. The predicted octanol–water partition coefficient (Wildman–Crippen LogP) is 12.9. The summed E-state index contributed by atoms with van der Waals surface area (Å²) in [5.74, 6) is 0.711. The van der Waals surface area contributed by atoms with Gasteiger partial charge in [0.15, 0.2) is 0 Å². The van der Waals surface area contributed by atoms with Gasteiger partial charge in [0.05, 0.1) is 0 Å². The lowest BCUT2D eigenvalue weighted by molar-refractivity contribution is 0.626. The molecule has 254 valence electrons. The molecule has 0 aliphatic heterocycles. The van der Waals surface area contributed by atoms with E-state index in [1.165, 1.54) is 44.4 Å². The Bertz CT molecular complexity index is 1990. The molecule has 4 aromatic carbocycles. The van der Waals surface area contributed by atoms with Crippen molar-refractivity contribution in [3.63, 3.8) is 0 Å². The van der Waals surface area contributed by atoms with Gasteiger partial charge in [-0.2, -0.15) is 0 Å². The SMILES string of the molecule is CC1=C(CC(C)C)c2cc(F)ccc2/C1=C\c1ccc(S(C)=O)cc1.CSc1ccc(/C=C2/C(C)=C(CC(C)C)c3cc(F)ccc32)cc1. The molecule has 4 aromatic rings. The Labute approximate surface area is 298 Å². The molecular weight excluding hydrogens is 647 g/mol. The molecule has 0 amide bonds. The van der Waals surface area contributed by atoms with Crippen molar-refractivity contribution in [3.8, 4) is 0 Å². The van der Waals surface area contributed by atoms with Gasteiger partial charge in [-0.25, -0.2) is 8.78 Å². The van der Waals surface area contributed by atoms with E-state index in [4.69, 9.17) is 0 Å². The minimum Gasteiger partial charge on any atom is -0.255 e. The van der Waals surface area contributed by atoms with Crippen molar-refractivity contribution in [2.24, 2.45) is 11.8 Å². The molecule has 5 heteroatoms. The molecule has 1 atom stereocenters. The summed E-state index contributed by atoms with van der Waals surface area (Å²) >= 11 is 1.75. The predicted molar refractivity (Wildman–Crippen MR) is 210 cm³/mol. The van der Waals surface area contributed by atoms with Gasteiger partial charge in [-0.15, -0.1) is 11.8 Å². The summed E-state index contributed by atoms with van der Waals surface area (Å²) in [6.45, 7) is 13.1. The van der Waals surface area contributed by atoms with Crippen LogP contribution in [-0.4, -0.2) is 16.7 Å². The molecule has 0 heterocycles. The molecule has 49 heavy (non-hydrogen) atoms. The van der Waals surface area contributed by atoms with Crippen LogP contribution in [-0.2, 0) is 10.8 Å². The quantitative estimate of drug-likeness (QED) is 0.171. The first-order valence-electron chi connectivity index (χ1n) is 16.9. The van der Waals surface area contributed by atoms with Crippen molar-refractivity contribution in [3.05, 3.63) is 141 Å². The highest BCUT2D eigenvalue weighted by atomic mass is 32.2. The number of hydrogen-bond acceptors (Lipinski definition) is 2. The minimum absolute atomic E-state index is 0.159. The Morgan fingerprint density at radius 3 is 1.41 bits per heavy atom. The molecule has 1 nitrogen and oxygen atoms in total. The molecule has 0 saturated heterocycles. The first kappa shape index (κ1) is 36.5. The van der Waals surface area contributed by atoms with Gasteiger partial charge >= 0.3 is 0 Å². The Kier molecular flexibility index (Phi) is 11.8. The van der Waals surface area contributed by atoms with Gasteiger partial charge in [-0.1, -0.05) is 64.1 Å². The second kappa shape index (κ2) is 15.8. The Hall–Kier alpha value is -3.80. The zero-order chi connectivity index (χ0) is 35.4.